The van der Waals surface area contributed by atoms with Crippen LogP contribution in [0.4, 0.5) is 5.69 Å². The summed E-state index contributed by atoms with van der Waals surface area (Å²) in [5, 5.41) is 5.17. The first-order valence-corrected chi connectivity index (χ1v) is 11.7. The van der Waals surface area contributed by atoms with E-state index >= 15 is 0 Å². The molecule has 1 aromatic carbocycles. The standard InChI is InChI=1S/C20H26N2O3S2/c1-13-11-15-12-14(8-9-16(15)22(13)27(5,24)25)19(23)21-18(20(2,3)4)17-7-6-10-26-17/h6-10,12-13,18H,11H2,1-5H3,(H,21,23)/t13-,18-/m0/s1. The molecule has 2 atom stereocenters. The van der Waals surface area contributed by atoms with Gasteiger partial charge in [0, 0.05) is 16.5 Å². The Kier molecular flexibility index (Phi) is 5.12. The summed E-state index contributed by atoms with van der Waals surface area (Å²) in [5.74, 6) is -0.142. The van der Waals surface area contributed by atoms with Crippen molar-refractivity contribution >= 4 is 33.0 Å². The van der Waals surface area contributed by atoms with Gasteiger partial charge in [-0.15, -0.1) is 11.3 Å². The fraction of sp³-hybridized carbons (Fsp3) is 0.450. The smallest absolute Gasteiger partial charge is 0.251 e. The van der Waals surface area contributed by atoms with E-state index in [1.165, 1.54) is 10.6 Å². The predicted octanol–water partition coefficient (Wildman–Crippen LogP) is 3.98. The number of rotatable bonds is 4. The highest BCUT2D eigenvalue weighted by molar-refractivity contribution is 7.92. The van der Waals surface area contributed by atoms with Crippen LogP contribution in [0.25, 0.3) is 0 Å². The lowest BCUT2D eigenvalue weighted by atomic mass is 9.85. The van der Waals surface area contributed by atoms with Crippen LogP contribution in [0.1, 0.15) is 54.5 Å². The third-order valence-electron chi connectivity index (χ3n) is 4.82. The normalized spacial score (nSPS) is 18.3. The highest BCUT2D eigenvalue weighted by Gasteiger charge is 2.33. The summed E-state index contributed by atoms with van der Waals surface area (Å²) in [6, 6.07) is 9.06. The first-order chi connectivity index (χ1) is 12.5. The van der Waals surface area contributed by atoms with E-state index in [9.17, 15) is 13.2 Å². The van der Waals surface area contributed by atoms with Crippen molar-refractivity contribution in [1.82, 2.24) is 5.32 Å². The molecule has 0 unspecified atom stereocenters. The number of benzene rings is 1. The summed E-state index contributed by atoms with van der Waals surface area (Å²) in [4.78, 5) is 14.0. The van der Waals surface area contributed by atoms with E-state index < -0.39 is 10.0 Å². The van der Waals surface area contributed by atoms with E-state index in [1.807, 2.05) is 30.5 Å². The Morgan fingerprint density at radius 2 is 2.00 bits per heavy atom. The number of fused-ring (bicyclic) bond motifs is 1. The second-order valence-electron chi connectivity index (χ2n) is 8.24. The maximum Gasteiger partial charge on any atom is 0.251 e. The molecule has 27 heavy (non-hydrogen) atoms. The molecule has 0 bridgehead atoms. The van der Waals surface area contributed by atoms with Gasteiger partial charge >= 0.3 is 0 Å². The summed E-state index contributed by atoms with van der Waals surface area (Å²) in [6.07, 6.45) is 1.82. The van der Waals surface area contributed by atoms with Gasteiger partial charge in [0.25, 0.3) is 5.91 Å². The van der Waals surface area contributed by atoms with Gasteiger partial charge in [-0.25, -0.2) is 8.42 Å². The van der Waals surface area contributed by atoms with Gasteiger partial charge in [-0.3, -0.25) is 9.10 Å². The lowest BCUT2D eigenvalue weighted by Gasteiger charge is -2.31. The van der Waals surface area contributed by atoms with Crippen molar-refractivity contribution in [3.8, 4) is 0 Å². The Bertz CT molecular complexity index is 944. The van der Waals surface area contributed by atoms with Crippen LogP contribution < -0.4 is 9.62 Å². The van der Waals surface area contributed by atoms with Crippen LogP contribution in [0.3, 0.4) is 0 Å². The number of sulfonamides is 1. The topological polar surface area (TPSA) is 66.5 Å². The molecule has 0 aliphatic carbocycles. The van der Waals surface area contributed by atoms with E-state index in [2.05, 4.69) is 26.1 Å². The fourth-order valence-electron chi connectivity index (χ4n) is 3.63. The predicted molar refractivity (Wildman–Crippen MR) is 111 cm³/mol. The first kappa shape index (κ1) is 19.9. The summed E-state index contributed by atoms with van der Waals surface area (Å²) in [5.41, 5.74) is 2.00. The summed E-state index contributed by atoms with van der Waals surface area (Å²) >= 11 is 1.63. The minimum Gasteiger partial charge on any atom is -0.344 e. The van der Waals surface area contributed by atoms with Crippen LogP contribution in [0, 0.1) is 5.41 Å². The quantitative estimate of drug-likeness (QED) is 0.835. The number of thiophene rings is 1. The average Bonchev–Trinajstić information content (AvgIpc) is 3.15. The Morgan fingerprint density at radius 1 is 1.30 bits per heavy atom. The summed E-state index contributed by atoms with van der Waals surface area (Å²) in [6.45, 7) is 8.19. The van der Waals surface area contributed by atoms with Crippen molar-refractivity contribution < 1.29 is 13.2 Å². The van der Waals surface area contributed by atoms with Crippen molar-refractivity contribution in [3.63, 3.8) is 0 Å². The van der Waals surface area contributed by atoms with Crippen LogP contribution in [-0.2, 0) is 16.4 Å². The molecule has 1 aliphatic rings. The molecule has 146 valence electrons. The fourth-order valence-corrected chi connectivity index (χ4v) is 5.92. The monoisotopic (exact) mass is 406 g/mol. The van der Waals surface area contributed by atoms with Crippen LogP contribution >= 0.6 is 11.3 Å². The van der Waals surface area contributed by atoms with E-state index in [4.69, 9.17) is 0 Å². The zero-order valence-corrected chi connectivity index (χ0v) is 17.9. The van der Waals surface area contributed by atoms with Gasteiger partial charge in [0.15, 0.2) is 0 Å². The Morgan fingerprint density at radius 3 is 2.56 bits per heavy atom. The molecular formula is C20H26N2O3S2. The number of carbonyl (C=O) groups is 1. The van der Waals surface area contributed by atoms with Gasteiger partial charge in [0.1, 0.15) is 0 Å². The van der Waals surface area contributed by atoms with Gasteiger partial charge in [-0.05, 0) is 54.0 Å². The highest BCUT2D eigenvalue weighted by atomic mass is 32.2. The third kappa shape index (κ3) is 4.04. The highest BCUT2D eigenvalue weighted by Crippen LogP contribution is 2.37. The summed E-state index contributed by atoms with van der Waals surface area (Å²) < 4.78 is 25.6. The van der Waals surface area contributed by atoms with Crippen LogP contribution in [0.5, 0.6) is 0 Å². The third-order valence-corrected chi connectivity index (χ3v) is 7.03. The van der Waals surface area contributed by atoms with E-state index in [0.29, 0.717) is 17.7 Å². The molecule has 1 aromatic heterocycles. The number of anilines is 1. The SMILES string of the molecule is C[C@H]1Cc2cc(C(=O)N[C@@H](c3cccs3)C(C)(C)C)ccc2N1S(C)(=O)=O. The lowest BCUT2D eigenvalue weighted by molar-refractivity contribution is 0.0903. The number of hydrogen-bond donors (Lipinski definition) is 1. The van der Waals surface area contributed by atoms with Crippen LogP contribution in [-0.4, -0.2) is 26.6 Å². The number of nitrogens with one attached hydrogen (secondary N) is 1. The van der Waals surface area contributed by atoms with E-state index in [1.54, 1.807) is 23.5 Å². The molecule has 7 heteroatoms. The zero-order chi connectivity index (χ0) is 20.0. The van der Waals surface area contributed by atoms with Gasteiger partial charge in [0.05, 0.1) is 18.0 Å². The maximum absolute atomic E-state index is 12.9. The van der Waals surface area contributed by atoms with Crippen molar-refractivity contribution in [1.29, 1.82) is 0 Å². The average molecular weight is 407 g/mol. The van der Waals surface area contributed by atoms with Gasteiger partial charge in [0.2, 0.25) is 10.0 Å². The number of nitrogens with zero attached hydrogens (tertiary/aromatic N) is 1. The van der Waals surface area contributed by atoms with Crippen molar-refractivity contribution in [2.45, 2.75) is 46.2 Å². The molecule has 0 saturated heterocycles. The van der Waals surface area contributed by atoms with Crippen LogP contribution in [0.15, 0.2) is 35.7 Å². The molecular weight excluding hydrogens is 380 g/mol. The molecule has 0 radical (unpaired) electrons. The zero-order valence-electron chi connectivity index (χ0n) is 16.3. The summed E-state index contributed by atoms with van der Waals surface area (Å²) in [7, 11) is -3.33. The van der Waals surface area contributed by atoms with Gasteiger partial charge in [-0.1, -0.05) is 26.8 Å². The molecule has 2 aromatic rings. The second-order valence-corrected chi connectivity index (χ2v) is 11.1. The maximum atomic E-state index is 12.9. The van der Waals surface area contributed by atoms with E-state index in [-0.39, 0.29) is 23.4 Å². The van der Waals surface area contributed by atoms with Gasteiger partial charge < -0.3 is 5.32 Å². The molecule has 5 nitrogen and oxygen atoms in total. The van der Waals surface area contributed by atoms with Gasteiger partial charge in [-0.2, -0.15) is 0 Å². The Balaban J connectivity index is 1.88. The molecule has 1 N–H and O–H groups in total. The number of hydrogen-bond acceptors (Lipinski definition) is 4. The Hall–Kier alpha value is -1.86. The minimum absolute atomic E-state index is 0.0929. The number of carbonyl (C=O) groups excluding carboxylic acids is 1. The molecule has 2 heterocycles. The lowest BCUT2D eigenvalue weighted by Crippen LogP contribution is -2.36. The number of amides is 1. The Labute approximate surface area is 165 Å². The molecule has 1 amide bonds. The largest absolute Gasteiger partial charge is 0.344 e. The van der Waals surface area contributed by atoms with Crippen LogP contribution in [0.2, 0.25) is 0 Å². The second kappa shape index (κ2) is 6.95. The van der Waals surface area contributed by atoms with Crippen molar-refractivity contribution in [3.05, 3.63) is 51.7 Å². The molecule has 0 fully saturated rings. The molecule has 1 aliphatic heterocycles. The minimum atomic E-state index is -3.33. The molecule has 0 saturated carbocycles. The van der Waals surface area contributed by atoms with Crippen molar-refractivity contribution in [2.24, 2.45) is 5.41 Å². The first-order valence-electron chi connectivity index (χ1n) is 8.95. The van der Waals surface area contributed by atoms with Crippen molar-refractivity contribution in [2.75, 3.05) is 10.6 Å². The molecule has 0 spiro atoms. The van der Waals surface area contributed by atoms with E-state index in [0.717, 1.165) is 10.4 Å². The molecule has 3 rings (SSSR count).